The van der Waals surface area contributed by atoms with Crippen LogP contribution in [0.2, 0.25) is 0 Å². The van der Waals surface area contributed by atoms with Gasteiger partial charge in [0.05, 0.1) is 0 Å². The van der Waals surface area contributed by atoms with Crippen LogP contribution in [-0.2, 0) is 6.42 Å². The molecule has 0 radical (unpaired) electrons. The molecular weight excluding hydrogens is 288 g/mol. The van der Waals surface area contributed by atoms with Crippen LogP contribution in [0.4, 0.5) is 0 Å². The Hall–Kier alpha value is -1.04. The minimum absolute atomic E-state index is 0.965. The molecule has 0 heteroatoms. The van der Waals surface area contributed by atoms with Gasteiger partial charge in [-0.25, -0.2) is 0 Å². The van der Waals surface area contributed by atoms with Gasteiger partial charge in [0.15, 0.2) is 0 Å². The van der Waals surface area contributed by atoms with Crippen molar-refractivity contribution in [2.24, 2.45) is 11.8 Å². The molecule has 0 atom stereocenters. The Kier molecular flexibility index (Phi) is 8.64. The van der Waals surface area contributed by atoms with Crippen molar-refractivity contribution >= 4 is 5.57 Å². The molecule has 0 unspecified atom stereocenters. The van der Waals surface area contributed by atoms with Crippen molar-refractivity contribution in [1.82, 2.24) is 0 Å². The zero-order chi connectivity index (χ0) is 17.2. The van der Waals surface area contributed by atoms with E-state index in [4.69, 9.17) is 0 Å². The highest BCUT2D eigenvalue weighted by atomic mass is 14.2. The van der Waals surface area contributed by atoms with Crippen LogP contribution >= 0.6 is 0 Å². The number of hydrogen-bond acceptors (Lipinski definition) is 0. The average Bonchev–Trinajstić information content (AvgIpc) is 2.62. The van der Waals surface area contributed by atoms with E-state index in [9.17, 15) is 0 Å². The van der Waals surface area contributed by atoms with Gasteiger partial charge in [0.25, 0.3) is 0 Å². The third-order valence-electron chi connectivity index (χ3n) is 5.95. The summed E-state index contributed by atoms with van der Waals surface area (Å²) in [4.78, 5) is 0. The summed E-state index contributed by atoms with van der Waals surface area (Å²) < 4.78 is 0. The van der Waals surface area contributed by atoms with Crippen LogP contribution in [0.1, 0.15) is 96.1 Å². The average molecular weight is 327 g/mol. The first-order valence-corrected chi connectivity index (χ1v) is 10.5. The smallest absolute Gasteiger partial charge is 0.0228 e. The van der Waals surface area contributed by atoms with E-state index in [0.29, 0.717) is 0 Å². The first-order valence-electron chi connectivity index (χ1n) is 10.5. The number of allylic oxidation sites excluding steroid dienone is 2. The van der Waals surface area contributed by atoms with Crippen LogP contribution in [0, 0.1) is 11.8 Å². The van der Waals surface area contributed by atoms with Gasteiger partial charge in [-0.2, -0.15) is 0 Å². The largest absolute Gasteiger partial charge is 0.0838 e. The van der Waals surface area contributed by atoms with Crippen molar-refractivity contribution in [1.29, 1.82) is 0 Å². The Morgan fingerprint density at radius 2 is 1.71 bits per heavy atom. The summed E-state index contributed by atoms with van der Waals surface area (Å²) in [6, 6.07) is 9.42. The standard InChI is InChI=1S/C24H38/c1-4-6-7-8-9-21-15-18-24(19-16-21)23(5-2)17-14-22-12-10-20(3)11-13-22/h5,15-16,18-20,22H,4,6-14,17H2,1-3H3/b23-5-. The molecule has 0 saturated heterocycles. The zero-order valence-corrected chi connectivity index (χ0v) is 16.3. The molecule has 1 aliphatic carbocycles. The Morgan fingerprint density at radius 1 is 1.00 bits per heavy atom. The van der Waals surface area contributed by atoms with Gasteiger partial charge in [-0.1, -0.05) is 89.1 Å². The van der Waals surface area contributed by atoms with Crippen molar-refractivity contribution in [3.63, 3.8) is 0 Å². The first kappa shape index (κ1) is 19.3. The normalized spacial score (nSPS) is 21.9. The maximum Gasteiger partial charge on any atom is -0.0228 e. The van der Waals surface area contributed by atoms with E-state index in [-0.39, 0.29) is 0 Å². The summed E-state index contributed by atoms with van der Waals surface area (Å²) in [6.45, 7) is 6.90. The summed E-state index contributed by atoms with van der Waals surface area (Å²) in [5, 5.41) is 0. The van der Waals surface area contributed by atoms with Crippen molar-refractivity contribution in [3.8, 4) is 0 Å². The third kappa shape index (κ3) is 6.46. The van der Waals surface area contributed by atoms with Gasteiger partial charge in [0, 0.05) is 0 Å². The fourth-order valence-corrected chi connectivity index (χ4v) is 4.07. The summed E-state index contributed by atoms with van der Waals surface area (Å²) in [6.07, 6.45) is 17.4. The molecule has 24 heavy (non-hydrogen) atoms. The first-order chi connectivity index (χ1) is 11.7. The van der Waals surface area contributed by atoms with Crippen LogP contribution in [0.3, 0.4) is 0 Å². The molecule has 0 heterocycles. The molecule has 0 N–H and O–H groups in total. The summed E-state index contributed by atoms with van der Waals surface area (Å²) in [5.41, 5.74) is 4.50. The minimum Gasteiger partial charge on any atom is -0.0838 e. The van der Waals surface area contributed by atoms with E-state index >= 15 is 0 Å². The van der Waals surface area contributed by atoms with Gasteiger partial charge in [-0.15, -0.1) is 0 Å². The van der Waals surface area contributed by atoms with Gasteiger partial charge in [-0.3, -0.25) is 0 Å². The Morgan fingerprint density at radius 3 is 2.33 bits per heavy atom. The molecule has 0 aromatic heterocycles. The van der Waals surface area contributed by atoms with Crippen LogP contribution < -0.4 is 0 Å². The van der Waals surface area contributed by atoms with Crippen molar-refractivity contribution in [2.45, 2.75) is 91.4 Å². The van der Waals surface area contributed by atoms with Crippen LogP contribution in [0.5, 0.6) is 0 Å². The predicted octanol–water partition coefficient (Wildman–Crippen LogP) is 7.82. The quantitative estimate of drug-likeness (QED) is 0.406. The maximum atomic E-state index is 2.41. The maximum absolute atomic E-state index is 2.41. The molecule has 0 aliphatic heterocycles. The van der Waals surface area contributed by atoms with Gasteiger partial charge in [-0.05, 0) is 61.1 Å². The lowest BCUT2D eigenvalue weighted by Gasteiger charge is -2.26. The van der Waals surface area contributed by atoms with Crippen LogP contribution in [-0.4, -0.2) is 0 Å². The van der Waals surface area contributed by atoms with Gasteiger partial charge in [0.1, 0.15) is 0 Å². The molecule has 1 aromatic rings. The summed E-state index contributed by atoms with van der Waals surface area (Å²) in [5.74, 6) is 1.93. The lowest BCUT2D eigenvalue weighted by Crippen LogP contribution is -2.12. The fraction of sp³-hybridized carbons (Fsp3) is 0.667. The topological polar surface area (TPSA) is 0 Å². The van der Waals surface area contributed by atoms with Crippen molar-refractivity contribution in [3.05, 3.63) is 41.5 Å². The number of benzene rings is 1. The van der Waals surface area contributed by atoms with Gasteiger partial charge < -0.3 is 0 Å². The SMILES string of the molecule is C/C=C(/CCC1CCC(C)CC1)c1ccc(CCCCCC)cc1. The highest BCUT2D eigenvalue weighted by molar-refractivity contribution is 5.65. The lowest BCUT2D eigenvalue weighted by atomic mass is 9.80. The van der Waals surface area contributed by atoms with Crippen molar-refractivity contribution < 1.29 is 0 Å². The minimum atomic E-state index is 0.965. The van der Waals surface area contributed by atoms with Gasteiger partial charge in [0.2, 0.25) is 0 Å². The summed E-state index contributed by atoms with van der Waals surface area (Å²) in [7, 11) is 0. The lowest BCUT2D eigenvalue weighted by molar-refractivity contribution is 0.279. The predicted molar refractivity (Wildman–Crippen MR) is 108 cm³/mol. The highest BCUT2D eigenvalue weighted by Crippen LogP contribution is 2.33. The Labute approximate surface area is 150 Å². The summed E-state index contributed by atoms with van der Waals surface area (Å²) >= 11 is 0. The van der Waals surface area contributed by atoms with Crippen LogP contribution in [0.25, 0.3) is 5.57 Å². The second kappa shape index (κ2) is 10.7. The molecule has 0 spiro atoms. The number of hydrogen-bond donors (Lipinski definition) is 0. The molecule has 134 valence electrons. The fourth-order valence-electron chi connectivity index (χ4n) is 4.07. The van der Waals surface area contributed by atoms with Crippen molar-refractivity contribution in [2.75, 3.05) is 0 Å². The Balaban J connectivity index is 1.80. The van der Waals surface area contributed by atoms with E-state index in [1.54, 1.807) is 5.57 Å². The number of rotatable bonds is 9. The second-order valence-corrected chi connectivity index (χ2v) is 7.99. The molecule has 0 bridgehead atoms. The van der Waals surface area contributed by atoms with Crippen LogP contribution in [0.15, 0.2) is 30.3 Å². The Bertz CT molecular complexity index is 471. The number of aryl methyl sites for hydroxylation is 1. The number of unbranched alkanes of at least 4 members (excludes halogenated alkanes) is 3. The molecule has 1 saturated carbocycles. The molecule has 0 amide bonds. The van der Waals surface area contributed by atoms with E-state index < -0.39 is 0 Å². The molecule has 1 aliphatic rings. The van der Waals surface area contributed by atoms with E-state index in [1.165, 1.54) is 81.8 Å². The van der Waals surface area contributed by atoms with E-state index in [2.05, 4.69) is 51.1 Å². The molecule has 1 fully saturated rings. The third-order valence-corrected chi connectivity index (χ3v) is 5.95. The highest BCUT2D eigenvalue weighted by Gasteiger charge is 2.18. The molecule has 0 nitrogen and oxygen atoms in total. The second-order valence-electron chi connectivity index (χ2n) is 7.99. The molecule has 2 rings (SSSR count). The van der Waals surface area contributed by atoms with E-state index in [0.717, 1.165) is 11.8 Å². The van der Waals surface area contributed by atoms with E-state index in [1.807, 2.05) is 0 Å². The zero-order valence-electron chi connectivity index (χ0n) is 16.3. The molecule has 1 aromatic carbocycles. The molecular formula is C24H38. The van der Waals surface area contributed by atoms with Gasteiger partial charge >= 0.3 is 0 Å². The monoisotopic (exact) mass is 326 g/mol.